The average Bonchev–Trinajstić information content (AvgIpc) is 2.87. The topological polar surface area (TPSA) is 39.9 Å². The third-order valence-electron chi connectivity index (χ3n) is 2.63. The fraction of sp³-hybridized carbons (Fsp3) is 0.200. The summed E-state index contributed by atoms with van der Waals surface area (Å²) in [5, 5.41) is 8.97. The fourth-order valence-corrected chi connectivity index (χ4v) is 2.38. The Labute approximate surface area is 127 Å². The van der Waals surface area contributed by atoms with Crippen LogP contribution in [0.4, 0.5) is 4.39 Å². The molecule has 0 bridgehead atoms. The Hall–Kier alpha value is -2.08. The van der Waals surface area contributed by atoms with E-state index in [-0.39, 0.29) is 12.4 Å². The lowest BCUT2D eigenvalue weighted by atomic mass is 10.3. The lowest BCUT2D eigenvalue weighted by Gasteiger charge is -2.09. The lowest BCUT2D eigenvalue weighted by molar-refractivity contribution is 0.275. The molecule has 0 fully saturated rings. The van der Waals surface area contributed by atoms with E-state index in [9.17, 15) is 4.39 Å². The Balaban J connectivity index is 2.12. The van der Waals surface area contributed by atoms with Gasteiger partial charge >= 0.3 is 0 Å². The van der Waals surface area contributed by atoms with Crippen LogP contribution in [0.2, 0.25) is 0 Å². The molecule has 110 valence electrons. The zero-order chi connectivity index (χ0) is 15.1. The lowest BCUT2D eigenvalue weighted by Crippen LogP contribution is -2.08. The third kappa shape index (κ3) is 3.95. The first-order chi connectivity index (χ1) is 10.3. The van der Waals surface area contributed by atoms with Crippen LogP contribution < -0.4 is 4.74 Å². The Kier molecular flexibility index (Phi) is 5.57. The van der Waals surface area contributed by atoms with E-state index in [2.05, 4.69) is 23.4 Å². The van der Waals surface area contributed by atoms with E-state index in [1.165, 1.54) is 17.8 Å². The molecule has 1 aromatic heterocycles. The summed E-state index contributed by atoms with van der Waals surface area (Å²) in [6.07, 6.45) is 3.56. The number of rotatable bonds is 8. The highest BCUT2D eigenvalue weighted by Crippen LogP contribution is 2.20. The molecule has 6 heteroatoms. The summed E-state index contributed by atoms with van der Waals surface area (Å²) in [5.74, 6) is 1.17. The number of halogens is 1. The summed E-state index contributed by atoms with van der Waals surface area (Å²) in [6.45, 7) is 8.12. The van der Waals surface area contributed by atoms with Gasteiger partial charge in [0.15, 0.2) is 22.5 Å². The maximum atomic E-state index is 13.5. The van der Waals surface area contributed by atoms with Gasteiger partial charge in [-0.25, -0.2) is 4.39 Å². The first-order valence-corrected chi connectivity index (χ1v) is 7.38. The zero-order valence-electron chi connectivity index (χ0n) is 11.5. The van der Waals surface area contributed by atoms with Crippen molar-refractivity contribution in [3.63, 3.8) is 0 Å². The van der Waals surface area contributed by atoms with Gasteiger partial charge in [0.05, 0.1) is 0 Å². The normalized spacial score (nSPS) is 10.3. The highest BCUT2D eigenvalue weighted by molar-refractivity contribution is 7.99. The quantitative estimate of drug-likeness (QED) is 0.553. The molecular formula is C15H16FN3OS. The number of hydrogen-bond donors (Lipinski definition) is 0. The van der Waals surface area contributed by atoms with E-state index in [1.54, 1.807) is 30.4 Å². The van der Waals surface area contributed by atoms with Crippen molar-refractivity contribution in [3.05, 3.63) is 61.2 Å². The summed E-state index contributed by atoms with van der Waals surface area (Å²) in [4.78, 5) is 0. The van der Waals surface area contributed by atoms with Crippen LogP contribution in [0.15, 0.2) is 54.7 Å². The number of allylic oxidation sites excluding steroid dienone is 1. The largest absolute Gasteiger partial charge is 0.483 e. The van der Waals surface area contributed by atoms with Gasteiger partial charge in [0.2, 0.25) is 0 Å². The minimum atomic E-state index is -0.395. The van der Waals surface area contributed by atoms with Gasteiger partial charge in [-0.2, -0.15) is 0 Å². The first-order valence-electron chi connectivity index (χ1n) is 6.40. The molecule has 21 heavy (non-hydrogen) atoms. The maximum Gasteiger partial charge on any atom is 0.191 e. The van der Waals surface area contributed by atoms with Gasteiger partial charge in [0, 0.05) is 12.3 Å². The van der Waals surface area contributed by atoms with Gasteiger partial charge in [0.25, 0.3) is 0 Å². The van der Waals surface area contributed by atoms with E-state index in [4.69, 9.17) is 4.74 Å². The van der Waals surface area contributed by atoms with Crippen LogP contribution in [0.1, 0.15) is 5.82 Å². The van der Waals surface area contributed by atoms with Crippen molar-refractivity contribution >= 4 is 11.8 Å². The van der Waals surface area contributed by atoms with Crippen molar-refractivity contribution in [1.82, 2.24) is 14.8 Å². The van der Waals surface area contributed by atoms with Gasteiger partial charge in [0.1, 0.15) is 6.61 Å². The second kappa shape index (κ2) is 7.64. The Morgan fingerprint density at radius 3 is 2.76 bits per heavy atom. The summed E-state index contributed by atoms with van der Waals surface area (Å²) >= 11 is 1.53. The highest BCUT2D eigenvalue weighted by atomic mass is 32.2. The van der Waals surface area contributed by atoms with E-state index < -0.39 is 5.82 Å². The molecule has 0 saturated heterocycles. The van der Waals surface area contributed by atoms with Crippen molar-refractivity contribution < 1.29 is 9.13 Å². The van der Waals surface area contributed by atoms with Crippen molar-refractivity contribution in [2.24, 2.45) is 0 Å². The van der Waals surface area contributed by atoms with Gasteiger partial charge in [-0.15, -0.1) is 23.4 Å². The molecule has 0 saturated carbocycles. The van der Waals surface area contributed by atoms with Crippen LogP contribution in [-0.4, -0.2) is 20.5 Å². The number of para-hydroxylation sites is 1. The van der Waals surface area contributed by atoms with E-state index in [1.807, 2.05) is 4.57 Å². The minimum Gasteiger partial charge on any atom is -0.483 e. The molecule has 2 aromatic rings. The average molecular weight is 305 g/mol. The summed E-state index contributed by atoms with van der Waals surface area (Å²) in [7, 11) is 0. The standard InChI is InChI=1S/C15H16FN3OS/c1-3-9-19-14(17-18-15(19)21-10-4-2)11-20-13-8-6-5-7-12(13)16/h3-8H,1-2,9-11H2. The van der Waals surface area contributed by atoms with Crippen molar-refractivity contribution in [2.45, 2.75) is 18.3 Å². The predicted molar refractivity (Wildman–Crippen MR) is 81.9 cm³/mol. The number of aromatic nitrogens is 3. The van der Waals surface area contributed by atoms with Crippen LogP contribution in [0.5, 0.6) is 5.75 Å². The summed E-state index contributed by atoms with van der Waals surface area (Å²) in [5.41, 5.74) is 0. The molecule has 1 heterocycles. The van der Waals surface area contributed by atoms with Gasteiger partial charge in [-0.1, -0.05) is 36.0 Å². The third-order valence-corrected chi connectivity index (χ3v) is 3.59. The smallest absolute Gasteiger partial charge is 0.191 e. The Morgan fingerprint density at radius 2 is 2.05 bits per heavy atom. The summed E-state index contributed by atoms with van der Waals surface area (Å²) < 4.78 is 20.9. The summed E-state index contributed by atoms with van der Waals surface area (Å²) in [6, 6.07) is 6.27. The maximum absolute atomic E-state index is 13.5. The van der Waals surface area contributed by atoms with Crippen LogP contribution >= 0.6 is 11.8 Å². The number of nitrogens with zero attached hydrogens (tertiary/aromatic N) is 3. The molecule has 0 unspecified atom stereocenters. The van der Waals surface area contributed by atoms with Crippen LogP contribution in [-0.2, 0) is 13.2 Å². The fourth-order valence-electron chi connectivity index (χ4n) is 1.68. The molecule has 0 radical (unpaired) electrons. The van der Waals surface area contributed by atoms with Crippen LogP contribution in [0.3, 0.4) is 0 Å². The van der Waals surface area contributed by atoms with Crippen molar-refractivity contribution in [2.75, 3.05) is 5.75 Å². The predicted octanol–water partition coefficient (Wildman–Crippen LogP) is 3.46. The Morgan fingerprint density at radius 1 is 1.24 bits per heavy atom. The molecule has 0 spiro atoms. The van der Waals surface area contributed by atoms with Crippen LogP contribution in [0, 0.1) is 5.82 Å². The molecule has 0 N–H and O–H groups in total. The zero-order valence-corrected chi connectivity index (χ0v) is 12.4. The number of thioether (sulfide) groups is 1. The molecule has 2 rings (SSSR count). The number of hydrogen-bond acceptors (Lipinski definition) is 4. The van der Waals surface area contributed by atoms with Crippen molar-refractivity contribution in [1.29, 1.82) is 0 Å². The molecule has 1 aromatic carbocycles. The molecule has 0 aliphatic rings. The monoisotopic (exact) mass is 305 g/mol. The second-order valence-electron chi connectivity index (χ2n) is 4.12. The SMILES string of the molecule is C=CCSc1nnc(COc2ccccc2F)n1CC=C. The van der Waals surface area contributed by atoms with E-state index >= 15 is 0 Å². The Bertz CT molecular complexity index is 627. The first kappa shape index (κ1) is 15.3. The highest BCUT2D eigenvalue weighted by Gasteiger charge is 2.12. The number of ether oxygens (including phenoxy) is 1. The molecule has 0 aliphatic heterocycles. The molecular weight excluding hydrogens is 289 g/mol. The number of benzene rings is 1. The minimum absolute atomic E-state index is 0.149. The molecule has 0 atom stereocenters. The van der Waals surface area contributed by atoms with Crippen LogP contribution in [0.25, 0.3) is 0 Å². The van der Waals surface area contributed by atoms with Crippen molar-refractivity contribution in [3.8, 4) is 5.75 Å². The van der Waals surface area contributed by atoms with E-state index in [0.29, 0.717) is 12.4 Å². The van der Waals surface area contributed by atoms with Gasteiger partial charge < -0.3 is 4.74 Å². The second-order valence-corrected chi connectivity index (χ2v) is 5.10. The molecule has 4 nitrogen and oxygen atoms in total. The van der Waals surface area contributed by atoms with Gasteiger partial charge in [-0.3, -0.25) is 4.57 Å². The van der Waals surface area contributed by atoms with E-state index in [0.717, 1.165) is 10.9 Å². The molecule has 0 aliphatic carbocycles. The molecule has 0 amide bonds. The van der Waals surface area contributed by atoms with Gasteiger partial charge in [-0.05, 0) is 12.1 Å².